The van der Waals surface area contributed by atoms with Crippen molar-refractivity contribution >= 4 is 16.0 Å². The van der Waals surface area contributed by atoms with Crippen molar-refractivity contribution < 1.29 is 27.8 Å². The number of aliphatic hydroxyl groups excluding tert-OH is 1. The molecule has 0 fully saturated rings. The average Bonchev–Trinajstić information content (AvgIpc) is 2.31. The van der Waals surface area contributed by atoms with E-state index in [0.29, 0.717) is 5.56 Å². The SMILES string of the molecule is Cc1ccc(F)cc1S(=O)(=O)NCC[C@H](O)C(=O)O. The van der Waals surface area contributed by atoms with Crippen LogP contribution in [-0.2, 0) is 14.8 Å². The molecular formula is C11H14FNO5S. The van der Waals surface area contributed by atoms with Crippen molar-refractivity contribution in [1.82, 2.24) is 4.72 Å². The molecule has 106 valence electrons. The third-order valence-electron chi connectivity index (χ3n) is 2.43. The molecule has 19 heavy (non-hydrogen) atoms. The number of hydrogen-bond donors (Lipinski definition) is 3. The van der Waals surface area contributed by atoms with Gasteiger partial charge in [0.1, 0.15) is 5.82 Å². The smallest absolute Gasteiger partial charge is 0.332 e. The zero-order valence-corrected chi connectivity index (χ0v) is 10.9. The average molecular weight is 291 g/mol. The molecule has 1 rings (SSSR count). The number of aliphatic hydroxyl groups is 1. The summed E-state index contributed by atoms with van der Waals surface area (Å²) in [5.74, 6) is -2.11. The Balaban J connectivity index is 2.76. The second kappa shape index (κ2) is 6.09. The number of carboxylic acids is 1. The topological polar surface area (TPSA) is 104 Å². The van der Waals surface area contributed by atoms with Gasteiger partial charge in [0.25, 0.3) is 0 Å². The summed E-state index contributed by atoms with van der Waals surface area (Å²) in [6.07, 6.45) is -1.92. The summed E-state index contributed by atoms with van der Waals surface area (Å²) >= 11 is 0. The summed E-state index contributed by atoms with van der Waals surface area (Å²) in [6, 6.07) is 3.35. The van der Waals surface area contributed by atoms with Crippen molar-refractivity contribution in [1.29, 1.82) is 0 Å². The molecule has 3 N–H and O–H groups in total. The Bertz CT molecular complexity index is 572. The molecule has 0 aliphatic carbocycles. The van der Waals surface area contributed by atoms with Gasteiger partial charge in [-0.15, -0.1) is 0 Å². The number of rotatable bonds is 6. The van der Waals surface area contributed by atoms with Crippen molar-refractivity contribution in [2.45, 2.75) is 24.3 Å². The molecule has 1 aromatic rings. The molecule has 0 amide bonds. The largest absolute Gasteiger partial charge is 0.479 e. The molecule has 0 radical (unpaired) electrons. The minimum atomic E-state index is -3.93. The minimum absolute atomic E-state index is 0.211. The van der Waals surface area contributed by atoms with Crippen molar-refractivity contribution in [3.8, 4) is 0 Å². The summed E-state index contributed by atoms with van der Waals surface area (Å²) in [5, 5.41) is 17.4. The molecule has 0 spiro atoms. The monoisotopic (exact) mass is 291 g/mol. The van der Waals surface area contributed by atoms with Crippen LogP contribution in [0.1, 0.15) is 12.0 Å². The summed E-state index contributed by atoms with van der Waals surface area (Å²) in [5.41, 5.74) is 0.368. The fourth-order valence-electron chi connectivity index (χ4n) is 1.39. The Labute approximate surface area is 109 Å². The van der Waals surface area contributed by atoms with Gasteiger partial charge in [-0.25, -0.2) is 22.3 Å². The molecule has 0 saturated heterocycles. The molecule has 1 aromatic carbocycles. The van der Waals surface area contributed by atoms with Gasteiger partial charge in [0.2, 0.25) is 10.0 Å². The van der Waals surface area contributed by atoms with Crippen LogP contribution in [0.25, 0.3) is 0 Å². The molecule has 6 nitrogen and oxygen atoms in total. The van der Waals surface area contributed by atoms with Crippen molar-refractivity contribution in [3.63, 3.8) is 0 Å². The van der Waals surface area contributed by atoms with Crippen LogP contribution in [0.2, 0.25) is 0 Å². The molecule has 0 aliphatic heterocycles. The first-order chi connectivity index (χ1) is 8.74. The Morgan fingerprint density at radius 2 is 2.11 bits per heavy atom. The highest BCUT2D eigenvalue weighted by Gasteiger charge is 2.19. The lowest BCUT2D eigenvalue weighted by Gasteiger charge is -2.10. The highest BCUT2D eigenvalue weighted by molar-refractivity contribution is 7.89. The zero-order valence-electron chi connectivity index (χ0n) is 10.1. The molecule has 8 heteroatoms. The van der Waals surface area contributed by atoms with Gasteiger partial charge in [0.05, 0.1) is 4.90 Å². The van der Waals surface area contributed by atoms with Crippen LogP contribution < -0.4 is 4.72 Å². The maximum absolute atomic E-state index is 13.0. The van der Waals surface area contributed by atoms with E-state index in [-0.39, 0.29) is 17.9 Å². The van der Waals surface area contributed by atoms with E-state index in [4.69, 9.17) is 10.2 Å². The van der Waals surface area contributed by atoms with Crippen molar-refractivity contribution in [2.75, 3.05) is 6.54 Å². The molecule has 0 bridgehead atoms. The van der Waals surface area contributed by atoms with Crippen LogP contribution in [0, 0.1) is 12.7 Å². The highest BCUT2D eigenvalue weighted by Crippen LogP contribution is 2.16. The van der Waals surface area contributed by atoms with E-state index in [0.717, 1.165) is 12.1 Å². The molecule has 0 saturated carbocycles. The lowest BCUT2D eigenvalue weighted by atomic mass is 10.2. The molecule has 0 aromatic heterocycles. The van der Waals surface area contributed by atoms with E-state index in [2.05, 4.69) is 4.72 Å². The first kappa shape index (κ1) is 15.5. The van der Waals surface area contributed by atoms with E-state index in [1.807, 2.05) is 0 Å². The van der Waals surface area contributed by atoms with Gasteiger partial charge < -0.3 is 10.2 Å². The van der Waals surface area contributed by atoms with Crippen LogP contribution in [0.15, 0.2) is 23.1 Å². The number of hydrogen-bond acceptors (Lipinski definition) is 4. The molecule has 0 unspecified atom stereocenters. The zero-order chi connectivity index (χ0) is 14.6. The molecule has 0 aliphatic rings. The van der Waals surface area contributed by atoms with E-state index >= 15 is 0 Å². The predicted octanol–water partition coefficient (Wildman–Crippen LogP) is 0.248. The maximum Gasteiger partial charge on any atom is 0.332 e. The second-order valence-electron chi connectivity index (χ2n) is 3.95. The maximum atomic E-state index is 13.0. The Kier molecular flexibility index (Phi) is 4.98. The Hall–Kier alpha value is -1.51. The van der Waals surface area contributed by atoms with Gasteiger partial charge in [-0.1, -0.05) is 6.07 Å². The second-order valence-corrected chi connectivity index (χ2v) is 5.69. The van der Waals surface area contributed by atoms with Gasteiger partial charge in [0.15, 0.2) is 6.10 Å². The van der Waals surface area contributed by atoms with Gasteiger partial charge >= 0.3 is 5.97 Å². The van der Waals surface area contributed by atoms with Crippen LogP contribution >= 0.6 is 0 Å². The molecule has 0 heterocycles. The number of halogens is 1. The van der Waals surface area contributed by atoms with E-state index in [9.17, 15) is 17.6 Å². The molecular weight excluding hydrogens is 277 g/mol. The number of carboxylic acid groups (broad SMARTS) is 1. The number of benzene rings is 1. The van der Waals surface area contributed by atoms with Gasteiger partial charge in [-0.05, 0) is 31.0 Å². The van der Waals surface area contributed by atoms with Crippen LogP contribution in [0.4, 0.5) is 4.39 Å². The highest BCUT2D eigenvalue weighted by atomic mass is 32.2. The van der Waals surface area contributed by atoms with Crippen LogP contribution in [-0.4, -0.2) is 37.2 Å². The lowest BCUT2D eigenvalue weighted by Crippen LogP contribution is -2.30. The van der Waals surface area contributed by atoms with E-state index in [1.165, 1.54) is 13.0 Å². The Morgan fingerprint density at radius 3 is 2.68 bits per heavy atom. The normalized spacial score (nSPS) is 13.2. The fraction of sp³-hybridized carbons (Fsp3) is 0.364. The lowest BCUT2D eigenvalue weighted by molar-refractivity contribution is -0.146. The predicted molar refractivity (Wildman–Crippen MR) is 64.6 cm³/mol. The van der Waals surface area contributed by atoms with Gasteiger partial charge in [-0.2, -0.15) is 0 Å². The molecule has 1 atom stereocenters. The fourth-order valence-corrected chi connectivity index (χ4v) is 2.70. The van der Waals surface area contributed by atoms with Gasteiger partial charge in [-0.3, -0.25) is 0 Å². The summed E-state index contributed by atoms with van der Waals surface area (Å²) in [4.78, 5) is 10.1. The number of aryl methyl sites for hydroxylation is 1. The number of carbonyl (C=O) groups is 1. The first-order valence-corrected chi connectivity index (χ1v) is 6.89. The standard InChI is InChI=1S/C11H14FNO5S/c1-7-2-3-8(12)6-10(7)19(17,18)13-5-4-9(14)11(15)16/h2-3,6,9,13-14H,4-5H2,1H3,(H,15,16)/t9-/m0/s1. The van der Waals surface area contributed by atoms with Crippen LogP contribution in [0.3, 0.4) is 0 Å². The number of sulfonamides is 1. The van der Waals surface area contributed by atoms with Crippen LogP contribution in [0.5, 0.6) is 0 Å². The minimum Gasteiger partial charge on any atom is -0.479 e. The third-order valence-corrected chi connectivity index (χ3v) is 4.04. The summed E-state index contributed by atoms with van der Waals surface area (Å²) in [6.45, 7) is 1.26. The van der Waals surface area contributed by atoms with Crippen molar-refractivity contribution in [2.24, 2.45) is 0 Å². The van der Waals surface area contributed by atoms with Gasteiger partial charge in [0, 0.05) is 6.54 Å². The van der Waals surface area contributed by atoms with Crippen molar-refractivity contribution in [3.05, 3.63) is 29.6 Å². The number of nitrogens with one attached hydrogen (secondary N) is 1. The number of aliphatic carboxylic acids is 1. The Morgan fingerprint density at radius 1 is 1.47 bits per heavy atom. The third kappa shape index (κ3) is 4.27. The van der Waals surface area contributed by atoms with E-state index < -0.39 is 27.9 Å². The summed E-state index contributed by atoms with van der Waals surface area (Å²) < 4.78 is 38.8. The first-order valence-electron chi connectivity index (χ1n) is 5.41. The summed E-state index contributed by atoms with van der Waals surface area (Å²) in [7, 11) is -3.93. The van der Waals surface area contributed by atoms with E-state index in [1.54, 1.807) is 0 Å². The quantitative estimate of drug-likeness (QED) is 0.697.